The van der Waals surface area contributed by atoms with Gasteiger partial charge in [0, 0.05) is 0 Å². The van der Waals surface area contributed by atoms with Gasteiger partial charge in [-0.25, -0.2) is 0 Å². The highest BCUT2D eigenvalue weighted by Gasteiger charge is 2.29. The van der Waals surface area contributed by atoms with Crippen LogP contribution in [0.3, 0.4) is 0 Å². The van der Waals surface area contributed by atoms with E-state index in [4.69, 9.17) is 9.47 Å². The Morgan fingerprint density at radius 1 is 0.906 bits per heavy atom. The Hall–Kier alpha value is -3.86. The number of carbonyl (C=O) groups excluding carboxylic acids is 1. The summed E-state index contributed by atoms with van der Waals surface area (Å²) in [5, 5.41) is 5.95. The van der Waals surface area contributed by atoms with Gasteiger partial charge in [-0.1, -0.05) is 42.5 Å². The van der Waals surface area contributed by atoms with Gasteiger partial charge in [-0.2, -0.15) is 10.1 Å². The number of nitrogens with zero attached hydrogens (tertiary/aromatic N) is 2. The normalized spacial score (nSPS) is 14.6. The summed E-state index contributed by atoms with van der Waals surface area (Å²) in [6.07, 6.45) is 1.84. The molecule has 1 amide bonds. The molecule has 4 rings (SSSR count). The Kier molecular flexibility index (Phi) is 6.08. The Balaban J connectivity index is 1.56. The van der Waals surface area contributed by atoms with Crippen molar-refractivity contribution >= 4 is 23.4 Å². The lowest BCUT2D eigenvalue weighted by atomic mass is 10.1. The van der Waals surface area contributed by atoms with E-state index in [1.54, 1.807) is 7.11 Å². The summed E-state index contributed by atoms with van der Waals surface area (Å²) >= 11 is 0. The molecule has 0 saturated heterocycles. The second kappa shape index (κ2) is 9.10. The van der Waals surface area contributed by atoms with E-state index in [-0.39, 0.29) is 5.91 Å². The SMILES string of the molecule is COc1cc(/C=C2/C(=O)N(c3ccc(C)c(C)c3)N=C2C)ccc1OCc1ccccc1. The van der Waals surface area contributed by atoms with Crippen molar-refractivity contribution in [2.45, 2.75) is 27.4 Å². The average molecular weight is 427 g/mol. The summed E-state index contributed by atoms with van der Waals surface area (Å²) in [6, 6.07) is 21.5. The van der Waals surface area contributed by atoms with Gasteiger partial charge in [-0.3, -0.25) is 4.79 Å². The molecule has 1 aliphatic rings. The zero-order chi connectivity index (χ0) is 22.7. The second-order valence-electron chi connectivity index (χ2n) is 7.81. The van der Waals surface area contributed by atoms with Gasteiger partial charge in [0.2, 0.25) is 0 Å². The number of amides is 1. The molecular weight excluding hydrogens is 400 g/mol. The lowest BCUT2D eigenvalue weighted by Crippen LogP contribution is -2.21. The molecule has 0 saturated carbocycles. The van der Waals surface area contributed by atoms with E-state index in [0.29, 0.717) is 29.4 Å². The standard InChI is InChI=1S/C27H26N2O3/c1-18-10-12-23(14-19(18)2)29-27(30)24(20(3)28-29)15-22-11-13-25(26(16-22)31-4)32-17-21-8-6-5-7-9-21/h5-16H,17H2,1-4H3/b24-15+. The summed E-state index contributed by atoms with van der Waals surface area (Å²) in [4.78, 5) is 13.1. The number of hydrogen-bond donors (Lipinski definition) is 0. The fourth-order valence-corrected chi connectivity index (χ4v) is 3.51. The fraction of sp³-hybridized carbons (Fsp3) is 0.185. The van der Waals surface area contributed by atoms with Gasteiger partial charge in [-0.15, -0.1) is 0 Å². The van der Waals surface area contributed by atoms with Crippen LogP contribution in [-0.4, -0.2) is 18.7 Å². The van der Waals surface area contributed by atoms with E-state index in [1.807, 2.05) is 93.6 Å². The molecule has 3 aromatic carbocycles. The van der Waals surface area contributed by atoms with Gasteiger partial charge >= 0.3 is 0 Å². The van der Waals surface area contributed by atoms with Crippen LogP contribution in [0.5, 0.6) is 11.5 Å². The number of carbonyl (C=O) groups is 1. The third kappa shape index (κ3) is 4.42. The molecule has 0 unspecified atom stereocenters. The first-order valence-electron chi connectivity index (χ1n) is 10.5. The zero-order valence-corrected chi connectivity index (χ0v) is 18.8. The molecule has 162 valence electrons. The van der Waals surface area contributed by atoms with Crippen molar-refractivity contribution < 1.29 is 14.3 Å². The van der Waals surface area contributed by atoms with Crippen molar-refractivity contribution in [2.75, 3.05) is 12.1 Å². The second-order valence-corrected chi connectivity index (χ2v) is 7.81. The molecule has 0 N–H and O–H groups in total. The van der Waals surface area contributed by atoms with E-state index in [0.717, 1.165) is 22.4 Å². The maximum Gasteiger partial charge on any atom is 0.280 e. The molecule has 1 aliphatic heterocycles. The van der Waals surface area contributed by atoms with E-state index in [2.05, 4.69) is 5.10 Å². The summed E-state index contributed by atoms with van der Waals surface area (Å²) in [5.41, 5.74) is 6.22. The Bertz CT molecular complexity index is 1210. The third-order valence-corrected chi connectivity index (χ3v) is 5.53. The predicted octanol–water partition coefficient (Wildman–Crippen LogP) is 5.70. The number of anilines is 1. The molecule has 3 aromatic rings. The highest BCUT2D eigenvalue weighted by atomic mass is 16.5. The number of benzene rings is 3. The average Bonchev–Trinajstić information content (AvgIpc) is 3.09. The molecule has 0 bridgehead atoms. The van der Waals surface area contributed by atoms with Crippen LogP contribution < -0.4 is 14.5 Å². The van der Waals surface area contributed by atoms with Crippen molar-refractivity contribution in [3.05, 3.63) is 94.6 Å². The molecule has 0 aliphatic carbocycles. The van der Waals surface area contributed by atoms with E-state index < -0.39 is 0 Å². The maximum atomic E-state index is 13.1. The van der Waals surface area contributed by atoms with Crippen LogP contribution in [0.1, 0.15) is 29.2 Å². The van der Waals surface area contributed by atoms with E-state index >= 15 is 0 Å². The van der Waals surface area contributed by atoms with Gasteiger partial charge in [0.05, 0.1) is 24.1 Å². The molecule has 32 heavy (non-hydrogen) atoms. The monoisotopic (exact) mass is 426 g/mol. The first-order valence-corrected chi connectivity index (χ1v) is 10.5. The predicted molar refractivity (Wildman–Crippen MR) is 128 cm³/mol. The van der Waals surface area contributed by atoms with Crippen LogP contribution in [0.15, 0.2) is 77.4 Å². The Morgan fingerprint density at radius 3 is 2.41 bits per heavy atom. The van der Waals surface area contributed by atoms with Crippen molar-refractivity contribution in [1.82, 2.24) is 0 Å². The Labute approximate surface area is 188 Å². The van der Waals surface area contributed by atoms with Crippen LogP contribution in [0.4, 0.5) is 5.69 Å². The first kappa shape index (κ1) is 21.4. The van der Waals surface area contributed by atoms with E-state index in [9.17, 15) is 4.79 Å². The smallest absolute Gasteiger partial charge is 0.280 e. The van der Waals surface area contributed by atoms with Crippen molar-refractivity contribution in [2.24, 2.45) is 5.10 Å². The van der Waals surface area contributed by atoms with Crippen LogP contribution in [0.2, 0.25) is 0 Å². The number of aryl methyl sites for hydroxylation is 2. The molecule has 5 heteroatoms. The van der Waals surface area contributed by atoms with Crippen molar-refractivity contribution in [3.8, 4) is 11.5 Å². The number of methoxy groups -OCH3 is 1. The number of hydrogen-bond acceptors (Lipinski definition) is 4. The van der Waals surface area contributed by atoms with Gasteiger partial charge in [-0.05, 0) is 73.4 Å². The molecule has 1 heterocycles. The lowest BCUT2D eigenvalue weighted by Gasteiger charge is -2.13. The van der Waals surface area contributed by atoms with Gasteiger partial charge < -0.3 is 9.47 Å². The van der Waals surface area contributed by atoms with E-state index in [1.165, 1.54) is 10.6 Å². The van der Waals surface area contributed by atoms with Crippen molar-refractivity contribution in [3.63, 3.8) is 0 Å². The molecule has 0 atom stereocenters. The molecule has 0 fully saturated rings. The minimum atomic E-state index is -0.144. The highest BCUT2D eigenvalue weighted by Crippen LogP contribution is 2.31. The molecular formula is C27H26N2O3. The molecule has 5 nitrogen and oxygen atoms in total. The largest absolute Gasteiger partial charge is 0.493 e. The molecule has 0 radical (unpaired) electrons. The van der Waals surface area contributed by atoms with Crippen LogP contribution in [0, 0.1) is 13.8 Å². The number of rotatable bonds is 6. The summed E-state index contributed by atoms with van der Waals surface area (Å²) in [7, 11) is 1.61. The van der Waals surface area contributed by atoms with Gasteiger partial charge in [0.1, 0.15) is 6.61 Å². The summed E-state index contributed by atoms with van der Waals surface area (Å²) in [5.74, 6) is 1.12. The Morgan fingerprint density at radius 2 is 1.69 bits per heavy atom. The zero-order valence-electron chi connectivity index (χ0n) is 18.8. The van der Waals surface area contributed by atoms with Crippen LogP contribution in [0.25, 0.3) is 6.08 Å². The van der Waals surface area contributed by atoms with Gasteiger partial charge in [0.25, 0.3) is 5.91 Å². The first-order chi connectivity index (χ1) is 15.5. The minimum Gasteiger partial charge on any atom is -0.493 e. The quantitative estimate of drug-likeness (QED) is 0.475. The highest BCUT2D eigenvalue weighted by molar-refractivity contribution is 6.32. The molecule has 0 aromatic heterocycles. The third-order valence-electron chi connectivity index (χ3n) is 5.53. The summed E-state index contributed by atoms with van der Waals surface area (Å²) < 4.78 is 11.5. The lowest BCUT2D eigenvalue weighted by molar-refractivity contribution is -0.114. The molecule has 0 spiro atoms. The van der Waals surface area contributed by atoms with Crippen molar-refractivity contribution in [1.29, 1.82) is 0 Å². The number of ether oxygens (including phenoxy) is 2. The fourth-order valence-electron chi connectivity index (χ4n) is 3.51. The van der Waals surface area contributed by atoms with Crippen LogP contribution in [-0.2, 0) is 11.4 Å². The maximum absolute atomic E-state index is 13.1. The van der Waals surface area contributed by atoms with Crippen LogP contribution >= 0.6 is 0 Å². The van der Waals surface area contributed by atoms with Gasteiger partial charge in [0.15, 0.2) is 11.5 Å². The minimum absolute atomic E-state index is 0.144. The number of hydrazone groups is 1. The topological polar surface area (TPSA) is 51.1 Å². The summed E-state index contributed by atoms with van der Waals surface area (Å²) in [6.45, 7) is 6.37.